The van der Waals surface area contributed by atoms with Gasteiger partial charge >= 0.3 is 0 Å². The third kappa shape index (κ3) is 9.03. The first-order chi connectivity index (χ1) is 40.1. The Kier molecular flexibility index (Phi) is 12.3. The van der Waals surface area contributed by atoms with Crippen LogP contribution in [0.2, 0.25) is 0 Å². The minimum absolute atomic E-state index is 0.143. The Hall–Kier alpha value is -9.58. The molecule has 1 aliphatic rings. The van der Waals surface area contributed by atoms with Crippen molar-refractivity contribution in [2.75, 3.05) is 0 Å². The molecule has 0 bridgehead atoms. The summed E-state index contributed by atoms with van der Waals surface area (Å²) in [5.74, 6) is 0.978. The average molecular weight is 1080 g/mol. The topological polar surface area (TPSA) is 64.1 Å². The Balaban J connectivity index is 1.09. The quantitative estimate of drug-likeness (QED) is 0.165. The lowest BCUT2D eigenvalue weighted by atomic mass is 9.79. The largest absolute Gasteiger partial charge is 0.507 e. The number of aromatic hydroxyl groups is 1. The van der Waals surface area contributed by atoms with Gasteiger partial charge in [-0.1, -0.05) is 211 Å². The van der Waals surface area contributed by atoms with Crippen molar-refractivity contribution in [3.05, 3.63) is 252 Å². The van der Waals surface area contributed by atoms with Crippen molar-refractivity contribution in [1.82, 2.24) is 14.5 Å². The van der Waals surface area contributed by atoms with E-state index in [9.17, 15) is 5.11 Å². The third-order valence-corrected chi connectivity index (χ3v) is 17.1. The third-order valence-electron chi connectivity index (χ3n) is 17.1. The van der Waals surface area contributed by atoms with Crippen LogP contribution in [0.25, 0.3) is 128 Å². The first kappa shape index (κ1) is 51.6. The number of imidazole rings is 1. The van der Waals surface area contributed by atoms with E-state index in [1.165, 1.54) is 33.4 Å². The van der Waals surface area contributed by atoms with E-state index in [1.54, 1.807) is 6.07 Å². The van der Waals surface area contributed by atoms with Crippen LogP contribution in [-0.4, -0.2) is 19.6 Å². The number of fused-ring (bicyclic) bond motifs is 7. The number of pyridine rings is 1. The molecule has 13 aromatic rings. The number of phenols is 1. The zero-order valence-electron chi connectivity index (χ0n) is 48.4. The molecule has 14 rings (SSSR count). The van der Waals surface area contributed by atoms with Crippen LogP contribution in [0.5, 0.6) is 5.75 Å². The number of aryl methyl sites for hydroxylation is 4. The van der Waals surface area contributed by atoms with Crippen molar-refractivity contribution in [3.8, 4) is 101 Å². The Morgan fingerprint density at radius 2 is 0.988 bits per heavy atom. The second kappa shape index (κ2) is 19.8. The summed E-state index contributed by atoms with van der Waals surface area (Å²) in [4.78, 5) is 11.2. The molecule has 0 aliphatic heterocycles. The highest BCUT2D eigenvalue weighted by molar-refractivity contribution is 6.17. The lowest BCUT2D eigenvalue weighted by molar-refractivity contribution is 0.476. The van der Waals surface area contributed by atoms with Gasteiger partial charge in [0.05, 0.1) is 22.4 Å². The summed E-state index contributed by atoms with van der Waals surface area (Å²) >= 11 is 0. The molecule has 5 nitrogen and oxygen atoms in total. The van der Waals surface area contributed by atoms with E-state index in [2.05, 4.69) is 266 Å². The fourth-order valence-electron chi connectivity index (χ4n) is 12.8. The van der Waals surface area contributed by atoms with Gasteiger partial charge in [0.1, 0.15) is 22.6 Å². The predicted molar refractivity (Wildman–Crippen MR) is 346 cm³/mol. The Morgan fingerprint density at radius 1 is 0.434 bits per heavy atom. The van der Waals surface area contributed by atoms with Crippen molar-refractivity contribution in [2.24, 2.45) is 0 Å². The summed E-state index contributed by atoms with van der Waals surface area (Å²) in [6.07, 6.45) is 1.70. The van der Waals surface area contributed by atoms with Crippen LogP contribution < -0.4 is 0 Å². The highest BCUT2D eigenvalue weighted by atomic mass is 16.3. The maximum Gasteiger partial charge on any atom is 0.164 e. The van der Waals surface area contributed by atoms with Crippen LogP contribution in [0, 0.1) is 13.8 Å². The Morgan fingerprint density at radius 3 is 1.64 bits per heavy atom. The van der Waals surface area contributed by atoms with Crippen LogP contribution in [-0.2, 0) is 23.7 Å². The smallest absolute Gasteiger partial charge is 0.164 e. The van der Waals surface area contributed by atoms with E-state index >= 15 is 0 Å². The maximum atomic E-state index is 11.4. The first-order valence-corrected chi connectivity index (χ1v) is 29.1. The first-order valence-electron chi connectivity index (χ1n) is 29.1. The van der Waals surface area contributed by atoms with Gasteiger partial charge in [-0.25, -0.2) is 9.97 Å². The zero-order chi connectivity index (χ0) is 56.9. The number of benzene rings is 10. The van der Waals surface area contributed by atoms with Crippen LogP contribution in [0.4, 0.5) is 0 Å². The highest BCUT2D eigenvalue weighted by Crippen LogP contribution is 2.50. The normalized spacial score (nSPS) is 12.5. The van der Waals surface area contributed by atoms with Crippen LogP contribution >= 0.6 is 0 Å². The molecular formula is C78H65N3O2. The van der Waals surface area contributed by atoms with Gasteiger partial charge in [0, 0.05) is 21.9 Å². The summed E-state index contributed by atoms with van der Waals surface area (Å²) in [6, 6.07) is 79.1. The molecule has 10 aromatic carbocycles. The molecule has 0 atom stereocenters. The lowest BCUT2D eigenvalue weighted by Crippen LogP contribution is -2.11. The molecule has 0 saturated heterocycles. The molecule has 83 heavy (non-hydrogen) atoms. The molecule has 404 valence electrons. The van der Waals surface area contributed by atoms with E-state index in [0.29, 0.717) is 0 Å². The summed E-state index contributed by atoms with van der Waals surface area (Å²) in [5.41, 5.74) is 26.9. The number of rotatable bonds is 8. The molecule has 0 spiro atoms. The predicted octanol–water partition coefficient (Wildman–Crippen LogP) is 20.7. The van der Waals surface area contributed by atoms with Crippen LogP contribution in [0.3, 0.4) is 0 Å². The molecule has 0 saturated carbocycles. The number of para-hydroxylation sites is 3. The SMILES string of the molecule is Cc1cccc(C)c1-n1c(-c2ccc3c(n2)-c2c(O)cccc2CC3)nc2c(-c3cc(-c4c(-c5cc(-c6ccccc6)cc(C(C)(C)C)c5)cccc4-c4cc(-c5ccccc5)cc(C(C)(C)C)c4)c4c(c3)oc3ccccc34)cccc21. The van der Waals surface area contributed by atoms with Gasteiger partial charge in [-0.3, -0.25) is 4.57 Å². The van der Waals surface area contributed by atoms with Crippen molar-refractivity contribution < 1.29 is 9.52 Å². The lowest BCUT2D eigenvalue weighted by Gasteiger charge is -2.25. The van der Waals surface area contributed by atoms with Gasteiger partial charge in [-0.05, 0) is 181 Å². The maximum absolute atomic E-state index is 11.4. The number of nitrogens with zero attached hydrogens (tertiary/aromatic N) is 3. The molecule has 5 heteroatoms. The zero-order valence-corrected chi connectivity index (χ0v) is 48.4. The van der Waals surface area contributed by atoms with Gasteiger partial charge in [0.2, 0.25) is 0 Å². The summed E-state index contributed by atoms with van der Waals surface area (Å²) in [6.45, 7) is 18.2. The number of hydrogen-bond donors (Lipinski definition) is 1. The van der Waals surface area contributed by atoms with Gasteiger partial charge in [-0.15, -0.1) is 0 Å². The Bertz CT molecular complexity index is 4580. The van der Waals surface area contributed by atoms with Gasteiger partial charge in [0.25, 0.3) is 0 Å². The second-order valence-corrected chi connectivity index (χ2v) is 24.8. The molecular weight excluding hydrogens is 1010 g/mol. The molecule has 1 N–H and O–H groups in total. The number of aromatic nitrogens is 3. The van der Waals surface area contributed by atoms with E-state index < -0.39 is 0 Å². The molecule has 3 heterocycles. The van der Waals surface area contributed by atoms with E-state index in [1.807, 2.05) is 6.07 Å². The van der Waals surface area contributed by atoms with Gasteiger partial charge < -0.3 is 9.52 Å². The fraction of sp³-hybridized carbons (Fsp3) is 0.154. The van der Waals surface area contributed by atoms with Crippen LogP contribution in [0.15, 0.2) is 223 Å². The minimum Gasteiger partial charge on any atom is -0.507 e. The monoisotopic (exact) mass is 1080 g/mol. The number of furan rings is 1. The molecule has 0 fully saturated rings. The highest BCUT2D eigenvalue weighted by Gasteiger charge is 2.29. The van der Waals surface area contributed by atoms with Crippen molar-refractivity contribution >= 4 is 33.0 Å². The molecule has 1 aliphatic carbocycles. The van der Waals surface area contributed by atoms with E-state index in [0.717, 1.165) is 141 Å². The van der Waals surface area contributed by atoms with Crippen LogP contribution in [0.1, 0.15) is 74.9 Å². The molecule has 3 aromatic heterocycles. The van der Waals surface area contributed by atoms with Crippen molar-refractivity contribution in [3.63, 3.8) is 0 Å². The van der Waals surface area contributed by atoms with Gasteiger partial charge in [0.15, 0.2) is 5.82 Å². The molecule has 0 amide bonds. The fourth-order valence-corrected chi connectivity index (χ4v) is 12.8. The van der Waals surface area contributed by atoms with Gasteiger partial charge in [-0.2, -0.15) is 0 Å². The summed E-state index contributed by atoms with van der Waals surface area (Å²) in [7, 11) is 0. The standard InChI is InChI=1S/C78H65N3O2/c1-47-21-17-22-48(2)75(47)81-66-32-20-31-62(74(66)80-76(81)65-38-37-52-36-35-51-27-18-33-67(82)70(51)73(52)79-65)57-45-64(72-63-28-15-16-34-68(63)83-69(72)46-57)71-60(55-39-53(49-23-11-9-12-24-49)41-58(43-55)77(3,4)5)29-19-30-61(71)56-40-54(50-25-13-10-14-26-50)42-59(44-56)78(6,7)8/h9-34,37-46,82H,35-36H2,1-8H3. The minimum atomic E-state index is -0.143. The Labute approximate surface area is 486 Å². The summed E-state index contributed by atoms with van der Waals surface area (Å²) < 4.78 is 9.40. The average Bonchev–Trinajstić information content (AvgIpc) is 2.43. The molecule has 0 radical (unpaired) electrons. The number of hydrogen-bond acceptors (Lipinski definition) is 4. The number of phenolic OH excluding ortho intramolecular Hbond substituents is 1. The molecule has 0 unspecified atom stereocenters. The van der Waals surface area contributed by atoms with E-state index in [-0.39, 0.29) is 16.6 Å². The van der Waals surface area contributed by atoms with Crippen molar-refractivity contribution in [2.45, 2.75) is 79.1 Å². The van der Waals surface area contributed by atoms with Crippen molar-refractivity contribution in [1.29, 1.82) is 0 Å². The second-order valence-electron chi connectivity index (χ2n) is 24.8. The van der Waals surface area contributed by atoms with E-state index in [4.69, 9.17) is 14.4 Å². The summed E-state index contributed by atoms with van der Waals surface area (Å²) in [5, 5.41) is 13.5.